The highest BCUT2D eigenvalue weighted by Gasteiger charge is 2.33. The van der Waals surface area contributed by atoms with Gasteiger partial charge < -0.3 is 4.74 Å². The number of hydrogen-bond acceptors (Lipinski definition) is 2. The molecule has 0 saturated heterocycles. The maximum atomic E-state index is 9.33. The van der Waals surface area contributed by atoms with Gasteiger partial charge in [-0.3, -0.25) is 0 Å². The summed E-state index contributed by atoms with van der Waals surface area (Å²) in [7, 11) is 0. The van der Waals surface area contributed by atoms with Crippen LogP contribution in [0.3, 0.4) is 0 Å². The van der Waals surface area contributed by atoms with E-state index in [1.165, 1.54) is 12.8 Å². The Morgan fingerprint density at radius 1 is 1.38 bits per heavy atom. The topological polar surface area (TPSA) is 33.0 Å². The smallest absolute Gasteiger partial charge is 0.0690 e. The summed E-state index contributed by atoms with van der Waals surface area (Å²) in [5, 5.41) is 9.33. The SMILES string of the molecule is CC(C)COCCC1(C#N)CCC(C)CC1. The Labute approximate surface area is 100.0 Å². The monoisotopic (exact) mass is 223 g/mol. The lowest BCUT2D eigenvalue weighted by Crippen LogP contribution is -2.27. The zero-order valence-corrected chi connectivity index (χ0v) is 11.0. The van der Waals surface area contributed by atoms with Crippen molar-refractivity contribution in [2.75, 3.05) is 13.2 Å². The van der Waals surface area contributed by atoms with E-state index in [1.807, 2.05) is 0 Å². The van der Waals surface area contributed by atoms with Crippen LogP contribution in [-0.2, 0) is 4.74 Å². The van der Waals surface area contributed by atoms with Gasteiger partial charge in [-0.2, -0.15) is 5.26 Å². The van der Waals surface area contributed by atoms with Crippen LogP contribution in [0.2, 0.25) is 0 Å². The third kappa shape index (κ3) is 4.14. The fraction of sp³-hybridized carbons (Fsp3) is 0.929. The van der Waals surface area contributed by atoms with Gasteiger partial charge in [0.05, 0.1) is 11.5 Å². The highest BCUT2D eigenvalue weighted by Crippen LogP contribution is 2.40. The Morgan fingerprint density at radius 3 is 2.50 bits per heavy atom. The second-order valence-electron chi connectivity index (χ2n) is 5.79. The van der Waals surface area contributed by atoms with Crippen LogP contribution >= 0.6 is 0 Å². The zero-order valence-electron chi connectivity index (χ0n) is 11.0. The summed E-state index contributed by atoms with van der Waals surface area (Å²) in [5.74, 6) is 1.39. The summed E-state index contributed by atoms with van der Waals surface area (Å²) in [4.78, 5) is 0. The second kappa shape index (κ2) is 6.25. The first kappa shape index (κ1) is 13.5. The Bertz CT molecular complexity index is 234. The van der Waals surface area contributed by atoms with E-state index in [2.05, 4.69) is 26.8 Å². The van der Waals surface area contributed by atoms with Gasteiger partial charge in [0.15, 0.2) is 0 Å². The summed E-state index contributed by atoms with van der Waals surface area (Å²) in [6, 6.07) is 2.55. The molecule has 0 N–H and O–H groups in total. The Balaban J connectivity index is 2.29. The molecule has 1 fully saturated rings. The van der Waals surface area contributed by atoms with Gasteiger partial charge in [0, 0.05) is 13.2 Å². The molecule has 0 radical (unpaired) electrons. The van der Waals surface area contributed by atoms with Crippen molar-refractivity contribution in [2.45, 2.75) is 52.9 Å². The molecule has 0 atom stereocenters. The lowest BCUT2D eigenvalue weighted by atomic mass is 9.70. The minimum absolute atomic E-state index is 0.0799. The molecule has 92 valence electrons. The molecule has 1 aliphatic carbocycles. The van der Waals surface area contributed by atoms with Crippen LogP contribution in [-0.4, -0.2) is 13.2 Å². The molecular weight excluding hydrogens is 198 g/mol. The van der Waals surface area contributed by atoms with Crippen molar-refractivity contribution < 1.29 is 4.74 Å². The van der Waals surface area contributed by atoms with Gasteiger partial charge in [-0.15, -0.1) is 0 Å². The molecule has 0 aromatic carbocycles. The molecule has 2 nitrogen and oxygen atoms in total. The van der Waals surface area contributed by atoms with Crippen LogP contribution < -0.4 is 0 Å². The van der Waals surface area contributed by atoms with Crippen molar-refractivity contribution in [2.24, 2.45) is 17.3 Å². The Kier molecular flexibility index (Phi) is 5.28. The summed E-state index contributed by atoms with van der Waals surface area (Å²) in [5.41, 5.74) is -0.0799. The molecule has 0 aromatic rings. The molecule has 0 unspecified atom stereocenters. The highest BCUT2D eigenvalue weighted by atomic mass is 16.5. The van der Waals surface area contributed by atoms with Crippen molar-refractivity contribution in [1.82, 2.24) is 0 Å². The molecule has 1 saturated carbocycles. The molecular formula is C14H25NO. The van der Waals surface area contributed by atoms with Crippen molar-refractivity contribution >= 4 is 0 Å². The van der Waals surface area contributed by atoms with Crippen LogP contribution in [0.4, 0.5) is 0 Å². The van der Waals surface area contributed by atoms with Gasteiger partial charge in [0.25, 0.3) is 0 Å². The standard InChI is InChI=1S/C14H25NO/c1-12(2)10-16-9-8-14(11-15)6-4-13(3)5-7-14/h12-13H,4-10H2,1-3H3. The molecule has 16 heavy (non-hydrogen) atoms. The largest absolute Gasteiger partial charge is 0.381 e. The number of ether oxygens (including phenoxy) is 1. The lowest BCUT2D eigenvalue weighted by Gasteiger charge is -2.33. The molecule has 0 heterocycles. The molecule has 0 aromatic heterocycles. The van der Waals surface area contributed by atoms with E-state index in [0.29, 0.717) is 5.92 Å². The average molecular weight is 223 g/mol. The third-order valence-electron chi connectivity index (χ3n) is 3.64. The first-order chi connectivity index (χ1) is 7.58. The van der Waals surface area contributed by atoms with E-state index in [4.69, 9.17) is 4.74 Å². The molecule has 0 spiro atoms. The summed E-state index contributed by atoms with van der Waals surface area (Å²) < 4.78 is 5.60. The van der Waals surface area contributed by atoms with Gasteiger partial charge in [0.2, 0.25) is 0 Å². The van der Waals surface area contributed by atoms with Gasteiger partial charge in [0.1, 0.15) is 0 Å². The van der Waals surface area contributed by atoms with E-state index < -0.39 is 0 Å². The van der Waals surface area contributed by atoms with Gasteiger partial charge in [-0.25, -0.2) is 0 Å². The lowest BCUT2D eigenvalue weighted by molar-refractivity contribution is 0.0750. The highest BCUT2D eigenvalue weighted by molar-refractivity contribution is 5.01. The van der Waals surface area contributed by atoms with Crippen molar-refractivity contribution in [1.29, 1.82) is 5.26 Å². The summed E-state index contributed by atoms with van der Waals surface area (Å²) in [6.07, 6.45) is 5.46. The fourth-order valence-corrected chi connectivity index (χ4v) is 2.32. The summed E-state index contributed by atoms with van der Waals surface area (Å²) in [6.45, 7) is 8.17. The summed E-state index contributed by atoms with van der Waals surface area (Å²) >= 11 is 0. The molecule has 1 aliphatic rings. The maximum absolute atomic E-state index is 9.33. The number of nitriles is 1. The van der Waals surface area contributed by atoms with E-state index in [-0.39, 0.29) is 5.41 Å². The van der Waals surface area contributed by atoms with Crippen molar-refractivity contribution in [3.63, 3.8) is 0 Å². The van der Waals surface area contributed by atoms with E-state index in [9.17, 15) is 5.26 Å². The van der Waals surface area contributed by atoms with E-state index in [1.54, 1.807) is 0 Å². The van der Waals surface area contributed by atoms with E-state index >= 15 is 0 Å². The van der Waals surface area contributed by atoms with Gasteiger partial charge in [-0.1, -0.05) is 20.8 Å². The zero-order chi connectivity index (χ0) is 12.0. The quantitative estimate of drug-likeness (QED) is 0.665. The molecule has 0 aliphatic heterocycles. The number of nitrogens with zero attached hydrogens (tertiary/aromatic N) is 1. The third-order valence-corrected chi connectivity index (χ3v) is 3.64. The van der Waals surface area contributed by atoms with Crippen LogP contribution in [0.25, 0.3) is 0 Å². The van der Waals surface area contributed by atoms with Crippen LogP contribution in [0, 0.1) is 28.6 Å². The second-order valence-corrected chi connectivity index (χ2v) is 5.79. The average Bonchev–Trinajstić information content (AvgIpc) is 2.27. The minimum Gasteiger partial charge on any atom is -0.381 e. The fourth-order valence-electron chi connectivity index (χ4n) is 2.32. The first-order valence-electron chi connectivity index (χ1n) is 6.57. The molecule has 0 bridgehead atoms. The predicted molar refractivity (Wildman–Crippen MR) is 66.0 cm³/mol. The van der Waals surface area contributed by atoms with Crippen LogP contribution in [0.5, 0.6) is 0 Å². The van der Waals surface area contributed by atoms with Crippen molar-refractivity contribution in [3.8, 4) is 6.07 Å². The van der Waals surface area contributed by atoms with E-state index in [0.717, 1.165) is 38.4 Å². The molecule has 2 heteroatoms. The molecule has 0 amide bonds. The Morgan fingerprint density at radius 2 is 2.00 bits per heavy atom. The van der Waals surface area contributed by atoms with Gasteiger partial charge in [-0.05, 0) is 43.9 Å². The van der Waals surface area contributed by atoms with Crippen LogP contribution in [0.15, 0.2) is 0 Å². The number of rotatable bonds is 5. The maximum Gasteiger partial charge on any atom is 0.0690 e. The van der Waals surface area contributed by atoms with Crippen LogP contribution in [0.1, 0.15) is 52.9 Å². The Hall–Kier alpha value is -0.550. The molecule has 1 rings (SSSR count). The first-order valence-corrected chi connectivity index (χ1v) is 6.57. The minimum atomic E-state index is -0.0799. The predicted octanol–water partition coefficient (Wildman–Crippen LogP) is 3.77. The van der Waals surface area contributed by atoms with Crippen molar-refractivity contribution in [3.05, 3.63) is 0 Å². The number of hydrogen-bond donors (Lipinski definition) is 0. The normalized spacial score (nSPS) is 30.3. The van der Waals surface area contributed by atoms with Gasteiger partial charge >= 0.3 is 0 Å².